The summed E-state index contributed by atoms with van der Waals surface area (Å²) in [7, 11) is -3.71. The van der Waals surface area contributed by atoms with Gasteiger partial charge in [-0.05, 0) is 24.3 Å². The van der Waals surface area contributed by atoms with Gasteiger partial charge in [0.15, 0.2) is 11.5 Å². The van der Waals surface area contributed by atoms with Crippen LogP contribution < -0.4 is 19.9 Å². The summed E-state index contributed by atoms with van der Waals surface area (Å²) in [5.41, 5.74) is 0.684. The van der Waals surface area contributed by atoms with Gasteiger partial charge in [0, 0.05) is 32.2 Å². The van der Waals surface area contributed by atoms with Crippen LogP contribution in [0.5, 0.6) is 11.5 Å². The van der Waals surface area contributed by atoms with Crippen LogP contribution in [0.1, 0.15) is 0 Å². The highest BCUT2D eigenvalue weighted by Crippen LogP contribution is 2.33. The second kappa shape index (κ2) is 8.69. The third kappa shape index (κ3) is 4.05. The van der Waals surface area contributed by atoms with E-state index in [-0.39, 0.29) is 23.0 Å². The van der Waals surface area contributed by atoms with Crippen LogP contribution in [0.2, 0.25) is 5.02 Å². The molecule has 0 bridgehead atoms. The first-order chi connectivity index (χ1) is 15.9. The van der Waals surface area contributed by atoms with E-state index in [1.807, 2.05) is 23.1 Å². The molecule has 1 saturated heterocycles. The Bertz CT molecular complexity index is 1340. The molecular weight excluding hydrogens is 468 g/mol. The largest absolute Gasteiger partial charge is 0.486 e. The van der Waals surface area contributed by atoms with Gasteiger partial charge in [-0.15, -0.1) is 0 Å². The molecule has 0 unspecified atom stereocenters. The Morgan fingerprint density at radius 2 is 1.61 bits per heavy atom. The van der Waals surface area contributed by atoms with Crippen LogP contribution in [0.25, 0.3) is 5.69 Å². The predicted molar refractivity (Wildman–Crippen MR) is 123 cm³/mol. The molecule has 0 aliphatic carbocycles. The summed E-state index contributed by atoms with van der Waals surface area (Å²) < 4.78 is 40.0. The first-order valence-electron chi connectivity index (χ1n) is 10.4. The Hall–Kier alpha value is -3.08. The second-order valence-electron chi connectivity index (χ2n) is 7.59. The topological polar surface area (TPSA) is 94.0 Å². The smallest absolute Gasteiger partial charge is 0.292 e. The highest BCUT2D eigenvalue weighted by Gasteiger charge is 2.31. The molecular formula is C22H21ClN4O5S. The van der Waals surface area contributed by atoms with E-state index in [2.05, 4.69) is 5.10 Å². The minimum atomic E-state index is -3.71. The fourth-order valence-corrected chi connectivity index (χ4v) is 5.59. The van der Waals surface area contributed by atoms with Gasteiger partial charge in [0.1, 0.15) is 18.2 Å². The van der Waals surface area contributed by atoms with E-state index in [0.29, 0.717) is 49.2 Å². The maximum Gasteiger partial charge on any atom is 0.292 e. The Morgan fingerprint density at radius 3 is 2.33 bits per heavy atom. The van der Waals surface area contributed by atoms with Crippen molar-refractivity contribution < 1.29 is 17.9 Å². The van der Waals surface area contributed by atoms with Crippen LogP contribution in [0, 0.1) is 0 Å². The molecule has 172 valence electrons. The van der Waals surface area contributed by atoms with Crippen molar-refractivity contribution in [3.8, 4) is 17.2 Å². The second-order valence-corrected chi connectivity index (χ2v) is 9.91. The lowest BCUT2D eigenvalue weighted by atomic mass is 10.3. The third-order valence-corrected chi connectivity index (χ3v) is 7.88. The van der Waals surface area contributed by atoms with Gasteiger partial charge in [0.2, 0.25) is 10.0 Å². The van der Waals surface area contributed by atoms with Gasteiger partial charge in [0.05, 0.1) is 22.5 Å². The molecule has 2 aromatic carbocycles. The number of piperazine rings is 1. The lowest BCUT2D eigenvalue weighted by Crippen LogP contribution is -2.49. The average Bonchev–Trinajstić information content (AvgIpc) is 2.86. The van der Waals surface area contributed by atoms with Gasteiger partial charge in [-0.2, -0.15) is 14.1 Å². The zero-order valence-electron chi connectivity index (χ0n) is 17.6. The third-order valence-electron chi connectivity index (χ3n) is 5.63. The summed E-state index contributed by atoms with van der Waals surface area (Å²) in [6.45, 7) is 2.06. The number of halogens is 1. The van der Waals surface area contributed by atoms with E-state index in [1.165, 1.54) is 21.1 Å². The van der Waals surface area contributed by atoms with E-state index in [1.54, 1.807) is 24.4 Å². The summed E-state index contributed by atoms with van der Waals surface area (Å²) in [4.78, 5) is 14.8. The fraction of sp³-hybridized carbons (Fsp3) is 0.273. The number of ether oxygens (including phenoxy) is 2. The maximum atomic E-state index is 13.2. The van der Waals surface area contributed by atoms with Crippen molar-refractivity contribution in [2.45, 2.75) is 4.90 Å². The van der Waals surface area contributed by atoms with Gasteiger partial charge in [-0.1, -0.05) is 29.8 Å². The molecule has 5 rings (SSSR count). The highest BCUT2D eigenvalue weighted by molar-refractivity contribution is 7.89. The molecule has 0 amide bonds. The van der Waals surface area contributed by atoms with E-state index < -0.39 is 15.6 Å². The molecule has 3 heterocycles. The maximum absolute atomic E-state index is 13.2. The monoisotopic (exact) mass is 488 g/mol. The lowest BCUT2D eigenvalue weighted by Gasteiger charge is -2.35. The Balaban J connectivity index is 1.33. The zero-order valence-corrected chi connectivity index (χ0v) is 19.1. The molecule has 3 aromatic rings. The molecule has 0 N–H and O–H groups in total. The Labute approximate surface area is 195 Å². The van der Waals surface area contributed by atoms with E-state index >= 15 is 0 Å². The molecule has 1 aromatic heterocycles. The quantitative estimate of drug-likeness (QED) is 0.555. The Morgan fingerprint density at radius 1 is 0.909 bits per heavy atom. The molecule has 1 fully saturated rings. The van der Waals surface area contributed by atoms with Crippen LogP contribution in [0.15, 0.2) is 64.4 Å². The number of anilines is 1. The fourth-order valence-electron chi connectivity index (χ4n) is 3.90. The first-order valence-corrected chi connectivity index (χ1v) is 12.2. The first kappa shape index (κ1) is 21.7. The van der Waals surface area contributed by atoms with E-state index in [9.17, 15) is 13.2 Å². The van der Waals surface area contributed by atoms with Gasteiger partial charge in [-0.3, -0.25) is 4.79 Å². The van der Waals surface area contributed by atoms with Crippen LogP contribution in [-0.2, 0) is 10.0 Å². The molecule has 0 spiro atoms. The molecule has 0 atom stereocenters. The molecule has 2 aliphatic heterocycles. The van der Waals surface area contributed by atoms with Crippen molar-refractivity contribution in [1.29, 1.82) is 0 Å². The number of sulfonamides is 1. The van der Waals surface area contributed by atoms with Gasteiger partial charge in [-0.25, -0.2) is 8.42 Å². The number of fused-ring (bicyclic) bond motifs is 1. The highest BCUT2D eigenvalue weighted by atomic mass is 35.5. The van der Waals surface area contributed by atoms with Gasteiger partial charge >= 0.3 is 0 Å². The van der Waals surface area contributed by atoms with Crippen molar-refractivity contribution in [3.05, 3.63) is 70.1 Å². The summed E-state index contributed by atoms with van der Waals surface area (Å²) in [6, 6.07) is 13.7. The number of aromatic nitrogens is 2. The van der Waals surface area contributed by atoms with Crippen molar-refractivity contribution in [2.75, 3.05) is 44.3 Å². The SMILES string of the molecule is O=c1c(Cl)c(N2CCN(S(=O)(=O)c3ccc4c(c3)OCCO4)CC2)cnn1-c1ccccc1. The summed E-state index contributed by atoms with van der Waals surface area (Å²) in [5.74, 6) is 0.968. The standard InChI is InChI=1S/C22H21ClN4O5S/c23-21-18(15-24-27(22(21)28)16-4-2-1-3-5-16)25-8-10-26(11-9-25)33(29,30)17-6-7-19-20(14-17)32-13-12-31-19/h1-7,14-15H,8-13H2. The van der Waals surface area contributed by atoms with Crippen LogP contribution >= 0.6 is 11.6 Å². The molecule has 2 aliphatic rings. The molecule has 0 radical (unpaired) electrons. The number of rotatable bonds is 4. The molecule has 33 heavy (non-hydrogen) atoms. The number of nitrogens with zero attached hydrogens (tertiary/aromatic N) is 4. The Kier molecular flexibility index (Phi) is 5.73. The van der Waals surface area contributed by atoms with E-state index in [0.717, 1.165) is 0 Å². The van der Waals surface area contributed by atoms with Crippen molar-refractivity contribution in [3.63, 3.8) is 0 Å². The normalized spacial score (nSPS) is 16.6. The number of hydrogen-bond acceptors (Lipinski definition) is 7. The average molecular weight is 489 g/mol. The van der Waals surface area contributed by atoms with Crippen LogP contribution in [0.3, 0.4) is 0 Å². The summed E-state index contributed by atoms with van der Waals surface area (Å²) in [6.07, 6.45) is 1.54. The van der Waals surface area contributed by atoms with Crippen LogP contribution in [0.4, 0.5) is 5.69 Å². The molecule has 11 heteroatoms. The van der Waals surface area contributed by atoms with Crippen LogP contribution in [-0.4, -0.2) is 61.9 Å². The number of hydrogen-bond donors (Lipinski definition) is 0. The minimum absolute atomic E-state index is 0.0528. The van der Waals surface area contributed by atoms with Crippen molar-refractivity contribution in [2.24, 2.45) is 0 Å². The minimum Gasteiger partial charge on any atom is -0.486 e. The number of para-hydroxylation sites is 1. The van der Waals surface area contributed by atoms with Gasteiger partial charge < -0.3 is 14.4 Å². The van der Waals surface area contributed by atoms with Crippen molar-refractivity contribution in [1.82, 2.24) is 14.1 Å². The zero-order chi connectivity index (χ0) is 23.0. The predicted octanol–water partition coefficient (Wildman–Crippen LogP) is 2.17. The van der Waals surface area contributed by atoms with Crippen molar-refractivity contribution >= 4 is 27.3 Å². The summed E-state index contributed by atoms with van der Waals surface area (Å²) >= 11 is 6.40. The molecule has 0 saturated carbocycles. The van der Waals surface area contributed by atoms with Gasteiger partial charge in [0.25, 0.3) is 5.56 Å². The molecule has 9 nitrogen and oxygen atoms in total. The summed E-state index contributed by atoms with van der Waals surface area (Å²) in [5, 5.41) is 4.31. The van der Waals surface area contributed by atoms with E-state index in [4.69, 9.17) is 21.1 Å². The number of benzene rings is 2. The lowest BCUT2D eigenvalue weighted by molar-refractivity contribution is 0.171.